The van der Waals surface area contributed by atoms with Gasteiger partial charge in [-0.15, -0.1) is 0 Å². The van der Waals surface area contributed by atoms with E-state index in [1.807, 2.05) is 60.7 Å². The molecular formula is C37H41N3O5S. The average molecular weight is 640 g/mol. The van der Waals surface area contributed by atoms with Crippen LogP contribution in [-0.2, 0) is 26.0 Å². The van der Waals surface area contributed by atoms with E-state index in [0.717, 1.165) is 42.0 Å². The van der Waals surface area contributed by atoms with Crippen LogP contribution in [0.5, 0.6) is 11.5 Å². The highest BCUT2D eigenvalue weighted by Gasteiger charge is 2.33. The van der Waals surface area contributed by atoms with E-state index in [1.165, 1.54) is 17.0 Å². The monoisotopic (exact) mass is 639 g/mol. The van der Waals surface area contributed by atoms with Crippen molar-refractivity contribution in [2.75, 3.05) is 17.4 Å². The molecule has 0 bridgehead atoms. The molecule has 9 heteroatoms. The Morgan fingerprint density at radius 1 is 0.783 bits per heavy atom. The summed E-state index contributed by atoms with van der Waals surface area (Å²) in [6, 6.07) is 32.9. The van der Waals surface area contributed by atoms with Gasteiger partial charge in [0.05, 0.1) is 10.6 Å². The molecular weight excluding hydrogens is 598 g/mol. The zero-order valence-electron chi connectivity index (χ0n) is 26.1. The first-order valence-electron chi connectivity index (χ1n) is 15.9. The number of ether oxygens (including phenoxy) is 1. The van der Waals surface area contributed by atoms with E-state index >= 15 is 0 Å². The van der Waals surface area contributed by atoms with Crippen LogP contribution in [0.25, 0.3) is 0 Å². The van der Waals surface area contributed by atoms with Crippen LogP contribution < -0.4 is 14.4 Å². The smallest absolute Gasteiger partial charge is 0.264 e. The Labute approximate surface area is 272 Å². The van der Waals surface area contributed by atoms with Crippen molar-refractivity contribution in [3.05, 3.63) is 121 Å². The molecule has 1 aliphatic rings. The fraction of sp³-hybridized carbons (Fsp3) is 0.297. The van der Waals surface area contributed by atoms with Crippen molar-refractivity contribution in [2.24, 2.45) is 0 Å². The van der Waals surface area contributed by atoms with E-state index < -0.39 is 28.5 Å². The second kappa shape index (κ2) is 15.6. The van der Waals surface area contributed by atoms with Crippen molar-refractivity contribution >= 4 is 27.5 Å². The van der Waals surface area contributed by atoms with Crippen molar-refractivity contribution in [3.8, 4) is 11.5 Å². The van der Waals surface area contributed by atoms with Gasteiger partial charge >= 0.3 is 0 Å². The molecule has 2 amide bonds. The molecule has 0 radical (unpaired) electrons. The van der Waals surface area contributed by atoms with Gasteiger partial charge in [0.25, 0.3) is 10.0 Å². The van der Waals surface area contributed by atoms with Crippen LogP contribution in [0.4, 0.5) is 5.69 Å². The van der Waals surface area contributed by atoms with Gasteiger partial charge in [-0.1, -0.05) is 86.0 Å². The highest BCUT2D eigenvalue weighted by molar-refractivity contribution is 7.92. The molecule has 46 heavy (non-hydrogen) atoms. The lowest BCUT2D eigenvalue weighted by atomic mass is 9.95. The quantitative estimate of drug-likeness (QED) is 0.178. The molecule has 0 saturated heterocycles. The number of benzene rings is 4. The second-order valence-corrected chi connectivity index (χ2v) is 13.4. The minimum atomic E-state index is -4.15. The van der Waals surface area contributed by atoms with Crippen molar-refractivity contribution in [3.63, 3.8) is 0 Å². The van der Waals surface area contributed by atoms with Crippen LogP contribution in [0.3, 0.4) is 0 Å². The lowest BCUT2D eigenvalue weighted by molar-refractivity contribution is -0.139. The molecule has 5 rings (SSSR count). The van der Waals surface area contributed by atoms with Gasteiger partial charge in [0.2, 0.25) is 11.8 Å². The van der Waals surface area contributed by atoms with Gasteiger partial charge in [0, 0.05) is 12.6 Å². The molecule has 0 heterocycles. The second-order valence-electron chi connectivity index (χ2n) is 11.6. The fourth-order valence-corrected chi connectivity index (χ4v) is 7.13. The summed E-state index contributed by atoms with van der Waals surface area (Å²) >= 11 is 0. The summed E-state index contributed by atoms with van der Waals surface area (Å²) < 4.78 is 35.1. The molecule has 4 aromatic rings. The standard InChI is InChI=1S/C37H41N3O5S/c1-29(37(42)38-31-16-8-3-9-17-31)39(27-26-30-14-6-2-7-15-30)36(41)28-40(46(43,44)35-20-12-5-13-21-35)32-22-24-34(25-23-32)45-33-18-10-4-11-19-33/h2,4-7,10-15,18-25,29,31H,3,8-9,16-17,26-28H2,1H3,(H,38,42)/t29-/m0/s1. The first-order valence-corrected chi connectivity index (χ1v) is 17.3. The maximum Gasteiger partial charge on any atom is 0.264 e. The van der Waals surface area contributed by atoms with Gasteiger partial charge in [-0.05, 0) is 80.3 Å². The third kappa shape index (κ3) is 8.54. The summed E-state index contributed by atoms with van der Waals surface area (Å²) in [6.45, 7) is 1.49. The third-order valence-corrected chi connectivity index (χ3v) is 10.1. The zero-order chi connectivity index (χ0) is 32.4. The first kappa shape index (κ1) is 32.8. The number of para-hydroxylation sites is 1. The molecule has 240 valence electrons. The topological polar surface area (TPSA) is 96.0 Å². The molecule has 4 aromatic carbocycles. The molecule has 1 aliphatic carbocycles. The Kier molecular flexibility index (Phi) is 11.1. The summed E-state index contributed by atoms with van der Waals surface area (Å²) in [4.78, 5) is 29.2. The van der Waals surface area contributed by atoms with Gasteiger partial charge in [-0.25, -0.2) is 8.42 Å². The van der Waals surface area contributed by atoms with E-state index in [1.54, 1.807) is 49.4 Å². The van der Waals surface area contributed by atoms with Gasteiger partial charge in [-0.3, -0.25) is 13.9 Å². The van der Waals surface area contributed by atoms with E-state index in [0.29, 0.717) is 23.6 Å². The Morgan fingerprint density at radius 3 is 1.98 bits per heavy atom. The van der Waals surface area contributed by atoms with E-state index in [4.69, 9.17) is 4.74 Å². The Hall–Kier alpha value is -4.63. The molecule has 1 fully saturated rings. The molecule has 0 spiro atoms. The predicted molar refractivity (Wildman–Crippen MR) is 180 cm³/mol. The number of nitrogens with one attached hydrogen (secondary N) is 1. The largest absolute Gasteiger partial charge is 0.457 e. The summed E-state index contributed by atoms with van der Waals surface area (Å²) in [5, 5.41) is 3.14. The van der Waals surface area contributed by atoms with E-state index in [2.05, 4.69) is 5.32 Å². The third-order valence-electron chi connectivity index (χ3n) is 8.32. The average Bonchev–Trinajstić information content (AvgIpc) is 3.09. The van der Waals surface area contributed by atoms with Crippen molar-refractivity contribution in [2.45, 2.75) is 62.4 Å². The van der Waals surface area contributed by atoms with Crippen LogP contribution >= 0.6 is 0 Å². The summed E-state index contributed by atoms with van der Waals surface area (Å²) in [6.07, 6.45) is 5.65. The van der Waals surface area contributed by atoms with E-state index in [9.17, 15) is 18.0 Å². The molecule has 0 unspecified atom stereocenters. The fourth-order valence-electron chi connectivity index (χ4n) is 5.69. The van der Waals surface area contributed by atoms with Crippen molar-refractivity contribution in [1.82, 2.24) is 10.2 Å². The van der Waals surface area contributed by atoms with Gasteiger partial charge in [0.15, 0.2) is 0 Å². The number of amides is 2. The first-order chi connectivity index (χ1) is 22.3. The molecule has 1 saturated carbocycles. The van der Waals surface area contributed by atoms with Crippen LogP contribution in [0, 0.1) is 0 Å². The number of rotatable bonds is 13. The normalized spacial score (nSPS) is 14.2. The lowest BCUT2D eigenvalue weighted by Gasteiger charge is -2.33. The van der Waals surface area contributed by atoms with Crippen LogP contribution in [-0.4, -0.2) is 50.3 Å². The molecule has 8 nitrogen and oxygen atoms in total. The number of anilines is 1. The predicted octanol–water partition coefficient (Wildman–Crippen LogP) is 6.58. The maximum absolute atomic E-state index is 14.2. The minimum Gasteiger partial charge on any atom is -0.457 e. The van der Waals surface area contributed by atoms with Gasteiger partial charge < -0.3 is 15.0 Å². The zero-order valence-corrected chi connectivity index (χ0v) is 26.9. The number of carbonyl (C=O) groups is 2. The Balaban J connectivity index is 1.42. The number of hydrogen-bond acceptors (Lipinski definition) is 5. The molecule has 1 N–H and O–H groups in total. The lowest BCUT2D eigenvalue weighted by Crippen LogP contribution is -2.53. The van der Waals surface area contributed by atoms with Crippen LogP contribution in [0.2, 0.25) is 0 Å². The van der Waals surface area contributed by atoms with Crippen LogP contribution in [0.15, 0.2) is 120 Å². The van der Waals surface area contributed by atoms with Crippen LogP contribution in [0.1, 0.15) is 44.6 Å². The molecule has 0 aliphatic heterocycles. The number of sulfonamides is 1. The Bertz CT molecular complexity index is 1660. The Morgan fingerprint density at radius 2 is 1.35 bits per heavy atom. The SMILES string of the molecule is C[C@@H](C(=O)NC1CCCCC1)N(CCc1ccccc1)C(=O)CN(c1ccc(Oc2ccccc2)cc1)S(=O)(=O)c1ccccc1. The number of hydrogen-bond donors (Lipinski definition) is 1. The van der Waals surface area contributed by atoms with Crippen molar-refractivity contribution in [1.29, 1.82) is 0 Å². The summed E-state index contributed by atoms with van der Waals surface area (Å²) in [5.74, 6) is 0.476. The van der Waals surface area contributed by atoms with Gasteiger partial charge in [-0.2, -0.15) is 0 Å². The minimum absolute atomic E-state index is 0.0614. The molecule has 0 aromatic heterocycles. The van der Waals surface area contributed by atoms with Gasteiger partial charge in [0.1, 0.15) is 24.1 Å². The van der Waals surface area contributed by atoms with E-state index in [-0.39, 0.29) is 23.4 Å². The maximum atomic E-state index is 14.2. The van der Waals surface area contributed by atoms with Crippen molar-refractivity contribution < 1.29 is 22.7 Å². The highest BCUT2D eigenvalue weighted by Crippen LogP contribution is 2.28. The number of carbonyl (C=O) groups excluding carboxylic acids is 2. The summed E-state index contributed by atoms with van der Waals surface area (Å²) in [5.41, 5.74) is 1.32. The molecule has 1 atom stereocenters. The highest BCUT2D eigenvalue weighted by atomic mass is 32.2. The summed E-state index contributed by atoms with van der Waals surface area (Å²) in [7, 11) is -4.15. The number of nitrogens with zero attached hydrogens (tertiary/aromatic N) is 2.